The van der Waals surface area contributed by atoms with Crippen LogP contribution < -0.4 is 4.72 Å². The third kappa shape index (κ3) is 3.71. The fraction of sp³-hybridized carbons (Fsp3) is 0.235. The predicted molar refractivity (Wildman–Crippen MR) is 91.2 cm³/mol. The van der Waals surface area contributed by atoms with Crippen LogP contribution in [0.1, 0.15) is 21.5 Å². The molecule has 5 nitrogen and oxygen atoms in total. The number of amides is 1. The lowest BCUT2D eigenvalue weighted by Gasteiger charge is -2.13. The smallest absolute Gasteiger partial charge is 0.261 e. The highest BCUT2D eigenvalue weighted by atomic mass is 32.2. The molecule has 0 heterocycles. The fourth-order valence-electron chi connectivity index (χ4n) is 2.10. The lowest BCUT2D eigenvalue weighted by atomic mass is 10.1. The number of aryl methyl sites for hydroxylation is 1. The summed E-state index contributed by atoms with van der Waals surface area (Å²) in [6.45, 7) is 3.79. The fourth-order valence-corrected chi connectivity index (χ4v) is 3.22. The van der Waals surface area contributed by atoms with E-state index in [9.17, 15) is 13.2 Å². The highest BCUT2D eigenvalue weighted by molar-refractivity contribution is 7.92. The van der Waals surface area contributed by atoms with Gasteiger partial charge in [0.15, 0.2) is 0 Å². The Labute approximate surface area is 137 Å². The standard InChI is InChI=1S/C17H20N2O3S/c1-12-6-5-7-16(13(12)2)18-23(21,22)15-10-8-14(9-11-15)17(20)19(3)4/h5-11,18H,1-4H3. The monoisotopic (exact) mass is 332 g/mol. The number of hydrogen-bond acceptors (Lipinski definition) is 3. The van der Waals surface area contributed by atoms with Crippen molar-refractivity contribution < 1.29 is 13.2 Å². The first-order valence-corrected chi connectivity index (χ1v) is 8.61. The van der Waals surface area contributed by atoms with Crippen molar-refractivity contribution >= 4 is 21.6 Å². The summed E-state index contributed by atoms with van der Waals surface area (Å²) < 4.78 is 27.5. The zero-order valence-electron chi connectivity index (χ0n) is 13.6. The van der Waals surface area contributed by atoms with Crippen LogP contribution in [0, 0.1) is 13.8 Å². The maximum Gasteiger partial charge on any atom is 0.261 e. The SMILES string of the molecule is Cc1cccc(NS(=O)(=O)c2ccc(C(=O)N(C)C)cc2)c1C. The molecule has 23 heavy (non-hydrogen) atoms. The third-order valence-electron chi connectivity index (χ3n) is 3.67. The Balaban J connectivity index is 2.30. The number of benzene rings is 2. The van der Waals surface area contributed by atoms with Gasteiger partial charge in [0.2, 0.25) is 0 Å². The van der Waals surface area contributed by atoms with Gasteiger partial charge in [-0.3, -0.25) is 9.52 Å². The highest BCUT2D eigenvalue weighted by Crippen LogP contribution is 2.22. The van der Waals surface area contributed by atoms with Crippen LogP contribution in [0.3, 0.4) is 0 Å². The van der Waals surface area contributed by atoms with Crippen molar-refractivity contribution in [3.05, 3.63) is 59.2 Å². The summed E-state index contributed by atoms with van der Waals surface area (Å²) >= 11 is 0. The molecule has 1 amide bonds. The minimum Gasteiger partial charge on any atom is -0.345 e. The van der Waals surface area contributed by atoms with Gasteiger partial charge in [0.1, 0.15) is 0 Å². The van der Waals surface area contributed by atoms with E-state index in [2.05, 4.69) is 4.72 Å². The minimum absolute atomic E-state index is 0.119. The molecule has 0 bridgehead atoms. The van der Waals surface area contributed by atoms with Gasteiger partial charge in [0, 0.05) is 19.7 Å². The van der Waals surface area contributed by atoms with E-state index in [-0.39, 0.29) is 10.8 Å². The van der Waals surface area contributed by atoms with Gasteiger partial charge < -0.3 is 4.90 Å². The van der Waals surface area contributed by atoms with Crippen LogP contribution in [0.25, 0.3) is 0 Å². The molecule has 122 valence electrons. The van der Waals surface area contributed by atoms with Crippen LogP contribution in [0.15, 0.2) is 47.4 Å². The molecule has 0 spiro atoms. The molecule has 0 aromatic heterocycles. The molecule has 0 saturated carbocycles. The number of hydrogen-bond donors (Lipinski definition) is 1. The van der Waals surface area contributed by atoms with Crippen molar-refractivity contribution in [3.8, 4) is 0 Å². The summed E-state index contributed by atoms with van der Waals surface area (Å²) in [5, 5.41) is 0. The highest BCUT2D eigenvalue weighted by Gasteiger charge is 2.17. The van der Waals surface area contributed by atoms with Crippen molar-refractivity contribution in [2.45, 2.75) is 18.7 Å². The van der Waals surface area contributed by atoms with E-state index >= 15 is 0 Å². The molecule has 0 aliphatic carbocycles. The molecule has 0 radical (unpaired) electrons. The molecule has 2 aromatic rings. The second kappa shape index (κ2) is 6.42. The Bertz CT molecular complexity index is 825. The van der Waals surface area contributed by atoms with E-state index in [1.807, 2.05) is 19.9 Å². The molecule has 2 aromatic carbocycles. The summed E-state index contributed by atoms with van der Waals surface area (Å²) in [4.78, 5) is 13.4. The number of carbonyl (C=O) groups excluding carboxylic acids is 1. The normalized spacial score (nSPS) is 11.1. The Kier molecular flexibility index (Phi) is 4.75. The van der Waals surface area contributed by atoms with Crippen LogP contribution >= 0.6 is 0 Å². The van der Waals surface area contributed by atoms with Gasteiger partial charge in [-0.2, -0.15) is 0 Å². The molecule has 6 heteroatoms. The van der Waals surface area contributed by atoms with Gasteiger partial charge in [-0.1, -0.05) is 12.1 Å². The summed E-state index contributed by atoms with van der Waals surface area (Å²) in [6, 6.07) is 11.4. The first-order valence-electron chi connectivity index (χ1n) is 7.13. The van der Waals surface area contributed by atoms with E-state index in [4.69, 9.17) is 0 Å². The van der Waals surface area contributed by atoms with Crippen molar-refractivity contribution in [2.75, 3.05) is 18.8 Å². The van der Waals surface area contributed by atoms with E-state index in [0.717, 1.165) is 11.1 Å². The zero-order chi connectivity index (χ0) is 17.2. The second-order valence-electron chi connectivity index (χ2n) is 5.58. The van der Waals surface area contributed by atoms with Crippen LogP contribution in [-0.4, -0.2) is 33.3 Å². The van der Waals surface area contributed by atoms with E-state index in [0.29, 0.717) is 11.3 Å². The van der Waals surface area contributed by atoms with Crippen molar-refractivity contribution in [3.63, 3.8) is 0 Å². The Hall–Kier alpha value is -2.34. The number of sulfonamides is 1. The second-order valence-corrected chi connectivity index (χ2v) is 7.26. The molecule has 0 saturated heterocycles. The number of anilines is 1. The Morgan fingerprint density at radius 3 is 2.17 bits per heavy atom. The lowest BCUT2D eigenvalue weighted by Crippen LogP contribution is -2.21. The largest absolute Gasteiger partial charge is 0.345 e. The first kappa shape index (κ1) is 17.0. The molecule has 2 rings (SSSR count). The van der Waals surface area contributed by atoms with Crippen LogP contribution in [0.5, 0.6) is 0 Å². The number of carbonyl (C=O) groups is 1. The van der Waals surface area contributed by atoms with Gasteiger partial charge >= 0.3 is 0 Å². The van der Waals surface area contributed by atoms with E-state index in [1.54, 1.807) is 26.2 Å². The molecular weight excluding hydrogens is 312 g/mol. The summed E-state index contributed by atoms with van der Waals surface area (Å²) in [6.07, 6.45) is 0. The molecule has 0 aliphatic rings. The lowest BCUT2D eigenvalue weighted by molar-refractivity contribution is 0.0827. The van der Waals surface area contributed by atoms with Crippen LogP contribution in [0.2, 0.25) is 0 Å². The van der Waals surface area contributed by atoms with Crippen molar-refractivity contribution in [1.29, 1.82) is 0 Å². The minimum atomic E-state index is -3.69. The zero-order valence-corrected chi connectivity index (χ0v) is 14.4. The van der Waals surface area contributed by atoms with Gasteiger partial charge in [-0.05, 0) is 55.3 Å². The maximum absolute atomic E-state index is 12.5. The van der Waals surface area contributed by atoms with Gasteiger partial charge in [-0.25, -0.2) is 8.42 Å². The number of nitrogens with one attached hydrogen (secondary N) is 1. The van der Waals surface area contributed by atoms with Gasteiger partial charge in [-0.15, -0.1) is 0 Å². The summed E-state index contributed by atoms with van der Waals surface area (Å²) in [7, 11) is -0.394. The van der Waals surface area contributed by atoms with Crippen LogP contribution in [0.4, 0.5) is 5.69 Å². The van der Waals surface area contributed by atoms with E-state index in [1.165, 1.54) is 29.2 Å². The average molecular weight is 332 g/mol. The Morgan fingerprint density at radius 2 is 1.61 bits per heavy atom. The average Bonchev–Trinajstić information content (AvgIpc) is 2.51. The summed E-state index contributed by atoms with van der Waals surface area (Å²) in [5.74, 6) is -0.170. The molecule has 0 aliphatic heterocycles. The topological polar surface area (TPSA) is 66.5 Å². The first-order chi connectivity index (χ1) is 10.7. The number of nitrogens with zero attached hydrogens (tertiary/aromatic N) is 1. The Morgan fingerprint density at radius 1 is 1.00 bits per heavy atom. The molecule has 0 atom stereocenters. The van der Waals surface area contributed by atoms with Crippen molar-refractivity contribution in [2.24, 2.45) is 0 Å². The molecule has 1 N–H and O–H groups in total. The third-order valence-corrected chi connectivity index (χ3v) is 5.05. The van der Waals surface area contributed by atoms with Crippen LogP contribution in [-0.2, 0) is 10.0 Å². The number of rotatable bonds is 4. The van der Waals surface area contributed by atoms with Gasteiger partial charge in [0.25, 0.3) is 15.9 Å². The predicted octanol–water partition coefficient (Wildman–Crippen LogP) is 2.81. The molecule has 0 fully saturated rings. The van der Waals surface area contributed by atoms with Crippen molar-refractivity contribution in [1.82, 2.24) is 4.90 Å². The summed E-state index contributed by atoms with van der Waals surface area (Å²) in [5.41, 5.74) is 2.90. The quantitative estimate of drug-likeness (QED) is 0.936. The van der Waals surface area contributed by atoms with E-state index < -0.39 is 10.0 Å². The molecular formula is C17H20N2O3S. The van der Waals surface area contributed by atoms with Gasteiger partial charge in [0.05, 0.1) is 10.6 Å². The molecule has 0 unspecified atom stereocenters. The maximum atomic E-state index is 12.5.